The van der Waals surface area contributed by atoms with E-state index in [1.807, 2.05) is 0 Å². The highest BCUT2D eigenvalue weighted by Gasteiger charge is 2.25. The fourth-order valence-corrected chi connectivity index (χ4v) is 5.23. The maximum Gasteiger partial charge on any atom is 0.469 e. The summed E-state index contributed by atoms with van der Waals surface area (Å²) in [5.41, 5.74) is 0. The first kappa shape index (κ1) is 37.5. The molecule has 2 atom stereocenters. The third-order valence-corrected chi connectivity index (χ3v) is 7.83. The molecule has 0 aliphatic heterocycles. The van der Waals surface area contributed by atoms with Gasteiger partial charge in [-0.1, -0.05) is 149 Å². The van der Waals surface area contributed by atoms with Gasteiger partial charge >= 0.3 is 7.82 Å². The van der Waals surface area contributed by atoms with Crippen molar-refractivity contribution >= 4 is 13.7 Å². The highest BCUT2D eigenvalue weighted by Crippen LogP contribution is 2.36. The van der Waals surface area contributed by atoms with Gasteiger partial charge in [0, 0.05) is 6.42 Å². The normalized spacial score (nSPS) is 13.5. The lowest BCUT2D eigenvalue weighted by Crippen LogP contribution is -2.46. The molecule has 1 amide bonds. The molecule has 0 heterocycles. The number of aliphatic hydroxyl groups excluding tert-OH is 1. The molecule has 0 aromatic rings. The Morgan fingerprint density at radius 3 is 1.42 bits per heavy atom. The molecule has 0 aromatic heterocycles. The van der Waals surface area contributed by atoms with Crippen molar-refractivity contribution in [2.45, 2.75) is 180 Å². The SMILES string of the molecule is CCCCCCCCCCCCCC[C@@H](O)[C@H](COP(=O)(O)O)NC(=O)CCCCCCCCCCCC. The van der Waals surface area contributed by atoms with Gasteiger partial charge < -0.3 is 20.2 Å². The number of hydrogen-bond donors (Lipinski definition) is 4. The Morgan fingerprint density at radius 1 is 0.658 bits per heavy atom. The van der Waals surface area contributed by atoms with Crippen molar-refractivity contribution in [2.24, 2.45) is 0 Å². The molecular weight excluding hydrogens is 501 g/mol. The molecule has 228 valence electrons. The fraction of sp³-hybridized carbons (Fsp3) is 0.967. The number of aliphatic hydroxyl groups is 1. The number of phosphoric acid groups is 1. The summed E-state index contributed by atoms with van der Waals surface area (Å²) < 4.78 is 15.8. The van der Waals surface area contributed by atoms with Gasteiger partial charge in [-0.2, -0.15) is 0 Å². The molecule has 0 spiro atoms. The molecule has 4 N–H and O–H groups in total. The van der Waals surface area contributed by atoms with Gasteiger partial charge in [-0.25, -0.2) is 4.57 Å². The number of rotatable bonds is 29. The van der Waals surface area contributed by atoms with Crippen LogP contribution in [0.3, 0.4) is 0 Å². The summed E-state index contributed by atoms with van der Waals surface area (Å²) in [7, 11) is -4.67. The zero-order chi connectivity index (χ0) is 28.3. The van der Waals surface area contributed by atoms with Crippen molar-refractivity contribution < 1.29 is 28.8 Å². The lowest BCUT2D eigenvalue weighted by atomic mass is 10.0. The van der Waals surface area contributed by atoms with Crippen LogP contribution in [0.1, 0.15) is 168 Å². The predicted molar refractivity (Wildman–Crippen MR) is 158 cm³/mol. The Morgan fingerprint density at radius 2 is 1.03 bits per heavy atom. The van der Waals surface area contributed by atoms with Gasteiger partial charge in [-0.05, 0) is 12.8 Å². The molecule has 38 heavy (non-hydrogen) atoms. The number of nitrogens with one attached hydrogen (secondary N) is 1. The predicted octanol–water partition coefficient (Wildman–Crippen LogP) is 8.34. The second-order valence-corrected chi connectivity index (χ2v) is 12.4. The third kappa shape index (κ3) is 27.1. The molecule has 0 aliphatic carbocycles. The average molecular weight is 564 g/mol. The molecule has 0 aliphatic rings. The van der Waals surface area contributed by atoms with E-state index in [0.717, 1.165) is 38.5 Å². The minimum absolute atomic E-state index is 0.197. The Balaban J connectivity index is 4.05. The molecule has 8 heteroatoms. The van der Waals surface area contributed by atoms with Gasteiger partial charge in [0.05, 0.1) is 18.8 Å². The van der Waals surface area contributed by atoms with Gasteiger partial charge in [-0.15, -0.1) is 0 Å². The van der Waals surface area contributed by atoms with Crippen LogP contribution >= 0.6 is 7.82 Å². The van der Waals surface area contributed by atoms with Crippen molar-refractivity contribution in [2.75, 3.05) is 6.61 Å². The van der Waals surface area contributed by atoms with Crippen molar-refractivity contribution in [3.8, 4) is 0 Å². The zero-order valence-corrected chi connectivity index (χ0v) is 25.7. The molecule has 0 radical (unpaired) electrons. The summed E-state index contributed by atoms with van der Waals surface area (Å²) in [6.45, 7) is 4.07. The summed E-state index contributed by atoms with van der Waals surface area (Å²) in [4.78, 5) is 30.6. The Hall–Kier alpha value is -0.460. The van der Waals surface area contributed by atoms with E-state index in [9.17, 15) is 14.5 Å². The van der Waals surface area contributed by atoms with E-state index < -0.39 is 26.6 Å². The van der Waals surface area contributed by atoms with E-state index in [2.05, 4.69) is 23.7 Å². The van der Waals surface area contributed by atoms with Gasteiger partial charge in [0.25, 0.3) is 0 Å². The van der Waals surface area contributed by atoms with Crippen LogP contribution in [-0.2, 0) is 13.9 Å². The molecule has 0 aromatic carbocycles. The molecule has 0 unspecified atom stereocenters. The first-order valence-electron chi connectivity index (χ1n) is 16.0. The van der Waals surface area contributed by atoms with Gasteiger partial charge in [-0.3, -0.25) is 9.32 Å². The maximum absolute atomic E-state index is 12.4. The fourth-order valence-electron chi connectivity index (χ4n) is 4.87. The first-order valence-corrected chi connectivity index (χ1v) is 17.5. The van der Waals surface area contributed by atoms with E-state index in [1.54, 1.807) is 0 Å². The summed E-state index contributed by atoms with van der Waals surface area (Å²) in [5.74, 6) is -0.197. The summed E-state index contributed by atoms with van der Waals surface area (Å²) >= 11 is 0. The van der Waals surface area contributed by atoms with Crippen LogP contribution in [0, 0.1) is 0 Å². The van der Waals surface area contributed by atoms with Crippen molar-refractivity contribution in [1.82, 2.24) is 5.32 Å². The second kappa shape index (κ2) is 26.7. The van der Waals surface area contributed by atoms with Crippen molar-refractivity contribution in [1.29, 1.82) is 0 Å². The van der Waals surface area contributed by atoms with Crippen LogP contribution in [0.25, 0.3) is 0 Å². The van der Waals surface area contributed by atoms with Crippen molar-refractivity contribution in [3.63, 3.8) is 0 Å². The summed E-state index contributed by atoms with van der Waals surface area (Å²) in [6.07, 6.45) is 26.5. The number of unbranched alkanes of at least 4 members (excludes halogenated alkanes) is 20. The molecule has 0 bridgehead atoms. The second-order valence-electron chi connectivity index (χ2n) is 11.1. The minimum atomic E-state index is -4.67. The van der Waals surface area contributed by atoms with Crippen LogP contribution in [0.5, 0.6) is 0 Å². The number of hydrogen-bond acceptors (Lipinski definition) is 4. The summed E-state index contributed by atoms with van der Waals surface area (Å²) in [5, 5.41) is 13.4. The van der Waals surface area contributed by atoms with Crippen LogP contribution in [0.2, 0.25) is 0 Å². The van der Waals surface area contributed by atoms with Gasteiger partial charge in [0.15, 0.2) is 0 Å². The van der Waals surface area contributed by atoms with E-state index in [0.29, 0.717) is 12.8 Å². The lowest BCUT2D eigenvalue weighted by Gasteiger charge is -2.24. The van der Waals surface area contributed by atoms with Crippen LogP contribution < -0.4 is 5.32 Å². The monoisotopic (exact) mass is 563 g/mol. The molecule has 0 saturated carbocycles. The first-order chi connectivity index (χ1) is 18.3. The Labute approximate surface area is 234 Å². The molecule has 0 fully saturated rings. The quantitative estimate of drug-likeness (QED) is 0.0537. The maximum atomic E-state index is 12.4. The number of carbonyl (C=O) groups excluding carboxylic acids is 1. The number of amides is 1. The standard InChI is InChI=1S/C30H62NO6P/c1-3-5-7-9-11-13-15-16-17-19-21-23-25-29(32)28(27-37-38(34,35)36)31-30(33)26-24-22-20-18-14-12-10-8-6-4-2/h28-29,32H,3-27H2,1-2H3,(H,31,33)(H2,34,35,36)/t28-,29+/m0/s1. The summed E-state index contributed by atoms with van der Waals surface area (Å²) in [6, 6.07) is -0.814. The van der Waals surface area contributed by atoms with E-state index in [4.69, 9.17) is 9.79 Å². The Bertz CT molecular complexity index is 571. The topological polar surface area (TPSA) is 116 Å². The van der Waals surface area contributed by atoms with Gasteiger partial charge in [0.2, 0.25) is 5.91 Å². The van der Waals surface area contributed by atoms with E-state index in [-0.39, 0.29) is 5.91 Å². The minimum Gasteiger partial charge on any atom is -0.391 e. The molecule has 0 rings (SSSR count). The average Bonchev–Trinajstić information content (AvgIpc) is 2.87. The third-order valence-electron chi connectivity index (χ3n) is 7.34. The molecular formula is C30H62NO6P. The van der Waals surface area contributed by atoms with Crippen molar-refractivity contribution in [3.05, 3.63) is 0 Å². The van der Waals surface area contributed by atoms with Crippen LogP contribution in [0.4, 0.5) is 0 Å². The Kier molecular flexibility index (Phi) is 26.4. The zero-order valence-electron chi connectivity index (χ0n) is 24.8. The van der Waals surface area contributed by atoms with E-state index >= 15 is 0 Å². The van der Waals surface area contributed by atoms with Crippen LogP contribution in [0.15, 0.2) is 0 Å². The highest BCUT2D eigenvalue weighted by molar-refractivity contribution is 7.46. The smallest absolute Gasteiger partial charge is 0.391 e. The van der Waals surface area contributed by atoms with Gasteiger partial charge in [0.1, 0.15) is 0 Å². The number of carbonyl (C=O) groups is 1. The van der Waals surface area contributed by atoms with Crippen LogP contribution in [-0.4, -0.2) is 39.6 Å². The number of phosphoric ester groups is 1. The largest absolute Gasteiger partial charge is 0.469 e. The van der Waals surface area contributed by atoms with E-state index in [1.165, 1.54) is 103 Å². The molecule has 0 saturated heterocycles. The highest BCUT2D eigenvalue weighted by atomic mass is 31.2. The molecule has 7 nitrogen and oxygen atoms in total. The lowest BCUT2D eigenvalue weighted by molar-refractivity contribution is -0.123.